The van der Waals surface area contributed by atoms with E-state index in [9.17, 15) is 0 Å². The summed E-state index contributed by atoms with van der Waals surface area (Å²) in [5, 5.41) is 0. The molecule has 0 aromatic heterocycles. The molecule has 1 aromatic carbocycles. The molecule has 0 spiro atoms. The Kier molecular flexibility index (Phi) is 2.78. The molecule has 0 amide bonds. The summed E-state index contributed by atoms with van der Waals surface area (Å²) in [6.07, 6.45) is 4.32. The predicted octanol–water partition coefficient (Wildman–Crippen LogP) is 4.55. The van der Waals surface area contributed by atoms with E-state index < -0.39 is 0 Å². The minimum Gasteiger partial charge on any atom is -0.0819 e. The molecule has 2 aliphatic rings. The van der Waals surface area contributed by atoms with Crippen LogP contribution in [0.2, 0.25) is 0 Å². The Labute approximate surface area is 118 Å². The molecular formula is C13H14I2. The van der Waals surface area contributed by atoms with Crippen LogP contribution in [0.1, 0.15) is 24.8 Å². The first-order valence-electron chi connectivity index (χ1n) is 5.63. The lowest BCUT2D eigenvalue weighted by atomic mass is 9.55. The third-order valence-electron chi connectivity index (χ3n) is 4.09. The Morgan fingerprint density at radius 1 is 1.07 bits per heavy atom. The molecule has 0 radical (unpaired) electrons. The molecule has 2 unspecified atom stereocenters. The fourth-order valence-electron chi connectivity index (χ4n) is 3.32. The maximum Gasteiger partial charge on any atom is 0.0546 e. The Bertz CT molecular complexity index is 348. The second-order valence-electron chi connectivity index (χ2n) is 4.72. The average molecular weight is 424 g/mol. The zero-order chi connectivity index (χ0) is 10.5. The van der Waals surface area contributed by atoms with Crippen LogP contribution in [0.3, 0.4) is 0 Å². The van der Waals surface area contributed by atoms with Gasteiger partial charge in [-0.2, -0.15) is 0 Å². The van der Waals surface area contributed by atoms with Gasteiger partial charge in [0.2, 0.25) is 0 Å². The summed E-state index contributed by atoms with van der Waals surface area (Å²) >= 11 is 5.42. The molecule has 1 aromatic rings. The van der Waals surface area contributed by atoms with E-state index in [1.165, 1.54) is 19.3 Å². The maximum atomic E-state index is 2.74. The van der Waals surface area contributed by atoms with Gasteiger partial charge in [-0.3, -0.25) is 0 Å². The molecule has 80 valence electrons. The van der Waals surface area contributed by atoms with Gasteiger partial charge in [0.1, 0.15) is 0 Å². The van der Waals surface area contributed by atoms with Gasteiger partial charge in [-0.05, 0) is 30.2 Å². The zero-order valence-electron chi connectivity index (χ0n) is 8.50. The number of hydrogen-bond acceptors (Lipinski definition) is 0. The smallest absolute Gasteiger partial charge is 0.0546 e. The van der Waals surface area contributed by atoms with Crippen molar-refractivity contribution in [3.8, 4) is 0 Å². The van der Waals surface area contributed by atoms with E-state index in [2.05, 4.69) is 75.5 Å². The number of benzene rings is 1. The molecule has 0 aliphatic heterocycles. The van der Waals surface area contributed by atoms with Crippen LogP contribution >= 0.6 is 45.2 Å². The largest absolute Gasteiger partial charge is 0.0819 e. The maximum absolute atomic E-state index is 2.74. The second-order valence-corrected chi connectivity index (χ2v) is 7.95. The summed E-state index contributed by atoms with van der Waals surface area (Å²) in [5.74, 6) is 1.83. The molecule has 0 N–H and O–H groups in total. The normalized spacial score (nSPS) is 43.5. The fraction of sp³-hybridized carbons (Fsp3) is 0.538. The Morgan fingerprint density at radius 2 is 1.67 bits per heavy atom. The third-order valence-corrected chi connectivity index (χ3v) is 8.05. The van der Waals surface area contributed by atoms with Crippen molar-refractivity contribution < 1.29 is 0 Å². The minimum atomic E-state index is 0.461. The fourth-order valence-corrected chi connectivity index (χ4v) is 8.31. The van der Waals surface area contributed by atoms with Crippen LogP contribution in [-0.4, -0.2) is 3.92 Å². The number of alkyl halides is 2. The van der Waals surface area contributed by atoms with Gasteiger partial charge in [0.05, 0.1) is 3.42 Å². The quantitative estimate of drug-likeness (QED) is 0.459. The lowest BCUT2D eigenvalue weighted by molar-refractivity contribution is 0.0792. The molecule has 2 heteroatoms. The highest BCUT2D eigenvalue weighted by Gasteiger charge is 2.61. The van der Waals surface area contributed by atoms with Crippen LogP contribution in [0.15, 0.2) is 30.3 Å². The zero-order valence-corrected chi connectivity index (χ0v) is 12.8. The van der Waals surface area contributed by atoms with Gasteiger partial charge in [0.25, 0.3) is 0 Å². The molecule has 2 aliphatic carbocycles. The molecule has 2 saturated carbocycles. The van der Waals surface area contributed by atoms with E-state index in [-0.39, 0.29) is 0 Å². The number of rotatable bonds is 1. The Hall–Kier alpha value is 0.680. The standard InChI is InChI=1S/C13H14I2/c14-12-10-7-4-8-11(12)13(10,15)9-5-2-1-3-6-9/h1-3,5-6,10-12H,4,7-8H2/t10-,11+,12?,13?. The van der Waals surface area contributed by atoms with Crippen molar-refractivity contribution in [2.24, 2.45) is 11.8 Å². The van der Waals surface area contributed by atoms with Crippen LogP contribution in [0.4, 0.5) is 0 Å². The molecule has 15 heavy (non-hydrogen) atoms. The minimum absolute atomic E-state index is 0.461. The first kappa shape index (κ1) is 10.8. The van der Waals surface area contributed by atoms with Crippen LogP contribution in [0.25, 0.3) is 0 Å². The van der Waals surface area contributed by atoms with E-state index in [0.717, 1.165) is 15.8 Å². The van der Waals surface area contributed by atoms with Gasteiger partial charge in [-0.1, -0.05) is 81.9 Å². The topological polar surface area (TPSA) is 0 Å². The van der Waals surface area contributed by atoms with Crippen molar-refractivity contribution in [2.75, 3.05) is 0 Å². The third kappa shape index (κ3) is 1.43. The van der Waals surface area contributed by atoms with Crippen molar-refractivity contribution >= 4 is 45.2 Å². The highest BCUT2D eigenvalue weighted by Crippen LogP contribution is 2.66. The summed E-state index contributed by atoms with van der Waals surface area (Å²) in [7, 11) is 0. The Balaban J connectivity index is 1.99. The highest BCUT2D eigenvalue weighted by molar-refractivity contribution is 14.1. The van der Waals surface area contributed by atoms with Crippen LogP contribution in [0, 0.1) is 11.8 Å². The van der Waals surface area contributed by atoms with E-state index in [1.54, 1.807) is 5.56 Å². The van der Waals surface area contributed by atoms with Gasteiger partial charge < -0.3 is 0 Å². The molecule has 0 nitrogen and oxygen atoms in total. The molecule has 0 saturated heterocycles. The van der Waals surface area contributed by atoms with Crippen molar-refractivity contribution in [1.82, 2.24) is 0 Å². The molecule has 0 heterocycles. The summed E-state index contributed by atoms with van der Waals surface area (Å²) in [6, 6.07) is 11.1. The lowest BCUT2D eigenvalue weighted by Crippen LogP contribution is -2.59. The first-order chi connectivity index (χ1) is 7.24. The van der Waals surface area contributed by atoms with Crippen LogP contribution in [0.5, 0.6) is 0 Å². The number of hydrogen-bond donors (Lipinski definition) is 0. The lowest BCUT2D eigenvalue weighted by Gasteiger charge is -2.60. The van der Waals surface area contributed by atoms with E-state index in [1.807, 2.05) is 0 Å². The second kappa shape index (κ2) is 3.86. The van der Waals surface area contributed by atoms with Crippen LogP contribution in [-0.2, 0) is 3.42 Å². The van der Waals surface area contributed by atoms with E-state index in [0.29, 0.717) is 3.42 Å². The van der Waals surface area contributed by atoms with Gasteiger partial charge in [-0.15, -0.1) is 0 Å². The summed E-state index contributed by atoms with van der Waals surface area (Å²) in [5.41, 5.74) is 1.56. The first-order valence-corrected chi connectivity index (χ1v) is 7.95. The molecule has 3 rings (SSSR count). The van der Waals surface area contributed by atoms with Crippen molar-refractivity contribution in [3.63, 3.8) is 0 Å². The molecule has 2 fully saturated rings. The van der Waals surface area contributed by atoms with Gasteiger partial charge in [0.15, 0.2) is 0 Å². The SMILES string of the molecule is IC1[C@H]2CCC[C@@H]1C2(I)c1ccccc1. The van der Waals surface area contributed by atoms with Crippen molar-refractivity contribution in [1.29, 1.82) is 0 Å². The van der Waals surface area contributed by atoms with Gasteiger partial charge in [0, 0.05) is 3.92 Å². The summed E-state index contributed by atoms with van der Waals surface area (Å²) in [6.45, 7) is 0. The summed E-state index contributed by atoms with van der Waals surface area (Å²) < 4.78 is 1.39. The summed E-state index contributed by atoms with van der Waals surface area (Å²) in [4.78, 5) is 0. The Morgan fingerprint density at radius 3 is 2.20 bits per heavy atom. The predicted molar refractivity (Wildman–Crippen MR) is 80.8 cm³/mol. The number of halogens is 2. The van der Waals surface area contributed by atoms with Crippen molar-refractivity contribution in [3.05, 3.63) is 35.9 Å². The molecular weight excluding hydrogens is 410 g/mol. The van der Waals surface area contributed by atoms with Crippen LogP contribution < -0.4 is 0 Å². The number of fused-ring (bicyclic) bond motifs is 2. The molecule has 2 bridgehead atoms. The monoisotopic (exact) mass is 424 g/mol. The van der Waals surface area contributed by atoms with E-state index in [4.69, 9.17) is 0 Å². The molecule has 4 atom stereocenters. The van der Waals surface area contributed by atoms with Gasteiger partial charge >= 0.3 is 0 Å². The highest BCUT2D eigenvalue weighted by atomic mass is 127. The van der Waals surface area contributed by atoms with E-state index >= 15 is 0 Å². The average Bonchev–Trinajstić information content (AvgIpc) is 2.31. The van der Waals surface area contributed by atoms with Gasteiger partial charge in [-0.25, -0.2) is 0 Å². The van der Waals surface area contributed by atoms with Crippen molar-refractivity contribution in [2.45, 2.75) is 26.6 Å².